The Bertz CT molecular complexity index is 803. The van der Waals surface area contributed by atoms with Crippen LogP contribution in [-0.4, -0.2) is 47.4 Å². The lowest BCUT2D eigenvalue weighted by Crippen LogP contribution is -2.32. The van der Waals surface area contributed by atoms with E-state index in [-0.39, 0.29) is 17.7 Å². The van der Waals surface area contributed by atoms with Gasteiger partial charge in [-0.15, -0.1) is 4.99 Å². The van der Waals surface area contributed by atoms with Crippen LogP contribution in [0.2, 0.25) is 5.02 Å². The Morgan fingerprint density at radius 2 is 2.19 bits per heavy atom. The average molecular weight is 375 g/mol. The molecule has 0 saturated heterocycles. The molecule has 0 atom stereocenters. The molecule has 0 spiro atoms. The number of amidine groups is 1. The first-order valence-electron chi connectivity index (χ1n) is 8.65. The molecule has 0 aromatic heterocycles. The maximum absolute atomic E-state index is 12.4. The molecule has 26 heavy (non-hydrogen) atoms. The van der Waals surface area contributed by atoms with E-state index in [1.165, 1.54) is 0 Å². The van der Waals surface area contributed by atoms with Crippen LogP contribution in [0.1, 0.15) is 18.4 Å². The lowest BCUT2D eigenvalue weighted by Gasteiger charge is -2.19. The van der Waals surface area contributed by atoms with E-state index in [9.17, 15) is 9.59 Å². The summed E-state index contributed by atoms with van der Waals surface area (Å²) < 4.78 is 5.50. The fourth-order valence-corrected chi connectivity index (χ4v) is 3.07. The van der Waals surface area contributed by atoms with E-state index in [4.69, 9.17) is 16.3 Å². The fourth-order valence-electron chi connectivity index (χ4n) is 2.86. The minimum absolute atomic E-state index is 0.153. The van der Waals surface area contributed by atoms with Crippen molar-refractivity contribution in [2.75, 3.05) is 19.6 Å². The van der Waals surface area contributed by atoms with Gasteiger partial charge in [-0.25, -0.2) is 4.79 Å². The summed E-state index contributed by atoms with van der Waals surface area (Å²) in [7, 11) is 0. The van der Waals surface area contributed by atoms with Gasteiger partial charge in [0.05, 0.1) is 6.20 Å². The second-order valence-corrected chi connectivity index (χ2v) is 7.11. The number of hydrogen-bond acceptors (Lipinski definition) is 4. The second-order valence-electron chi connectivity index (χ2n) is 6.67. The summed E-state index contributed by atoms with van der Waals surface area (Å²) in [5.74, 6) is 0.502. The third kappa shape index (κ3) is 3.83. The lowest BCUT2D eigenvalue weighted by atomic mass is 10.2. The summed E-state index contributed by atoms with van der Waals surface area (Å²) in [6.07, 6.45) is 3.93. The first-order valence-corrected chi connectivity index (χ1v) is 9.03. The van der Waals surface area contributed by atoms with Crippen molar-refractivity contribution in [3.05, 3.63) is 46.8 Å². The van der Waals surface area contributed by atoms with Crippen LogP contribution in [0.25, 0.3) is 0 Å². The normalized spacial score (nSPS) is 19.3. The molecule has 1 aromatic rings. The Hall–Kier alpha value is -2.54. The zero-order valence-corrected chi connectivity index (χ0v) is 14.9. The maximum atomic E-state index is 12.4. The van der Waals surface area contributed by atoms with E-state index in [1.807, 2.05) is 18.2 Å². The molecule has 2 heterocycles. The Morgan fingerprint density at radius 1 is 1.35 bits per heavy atom. The quantitative estimate of drug-likeness (QED) is 0.858. The van der Waals surface area contributed by atoms with E-state index >= 15 is 0 Å². The van der Waals surface area contributed by atoms with Gasteiger partial charge in [0.25, 0.3) is 5.91 Å². The first kappa shape index (κ1) is 16.9. The summed E-state index contributed by atoms with van der Waals surface area (Å²) in [6.45, 7) is 2.06. The molecule has 2 aliphatic heterocycles. The van der Waals surface area contributed by atoms with Crippen molar-refractivity contribution in [3.63, 3.8) is 0 Å². The highest BCUT2D eigenvalue weighted by Gasteiger charge is 2.32. The van der Waals surface area contributed by atoms with Crippen LogP contribution >= 0.6 is 11.6 Å². The number of nitrogens with one attached hydrogen (secondary N) is 1. The average Bonchev–Trinajstić information content (AvgIpc) is 3.38. The van der Waals surface area contributed by atoms with Gasteiger partial charge in [0.15, 0.2) is 0 Å². The van der Waals surface area contributed by atoms with Gasteiger partial charge in [-0.1, -0.05) is 23.7 Å². The number of urea groups is 1. The summed E-state index contributed by atoms with van der Waals surface area (Å²) in [4.78, 5) is 31.9. The highest BCUT2D eigenvalue weighted by atomic mass is 35.5. The van der Waals surface area contributed by atoms with Gasteiger partial charge < -0.3 is 15.0 Å². The van der Waals surface area contributed by atoms with Crippen LogP contribution in [-0.2, 0) is 16.1 Å². The van der Waals surface area contributed by atoms with Crippen molar-refractivity contribution in [2.45, 2.75) is 19.4 Å². The van der Waals surface area contributed by atoms with Crippen LogP contribution in [0.5, 0.6) is 0 Å². The van der Waals surface area contributed by atoms with Crippen molar-refractivity contribution < 1.29 is 14.3 Å². The number of halogens is 1. The predicted octanol–water partition coefficient (Wildman–Crippen LogP) is 2.33. The molecule has 0 radical (unpaired) electrons. The zero-order valence-electron chi connectivity index (χ0n) is 14.2. The number of benzene rings is 1. The number of aliphatic imine (C=N–C) groups is 1. The van der Waals surface area contributed by atoms with Crippen LogP contribution in [0.15, 0.2) is 41.2 Å². The first-order chi connectivity index (χ1) is 12.6. The Morgan fingerprint density at radius 3 is 2.96 bits per heavy atom. The van der Waals surface area contributed by atoms with E-state index in [0.29, 0.717) is 37.1 Å². The molecule has 0 bridgehead atoms. The van der Waals surface area contributed by atoms with Gasteiger partial charge in [-0.05, 0) is 36.5 Å². The van der Waals surface area contributed by atoms with Gasteiger partial charge in [0, 0.05) is 31.2 Å². The number of fused-ring (bicyclic) bond motifs is 1. The number of hydrogen-bond donors (Lipinski definition) is 1. The minimum Gasteiger partial charge on any atom is -0.418 e. The lowest BCUT2D eigenvalue weighted by molar-refractivity contribution is -0.119. The topological polar surface area (TPSA) is 74.2 Å². The number of ether oxygens (including phenoxy) is 1. The molecule has 1 aliphatic carbocycles. The van der Waals surface area contributed by atoms with Crippen LogP contribution in [0.4, 0.5) is 4.79 Å². The van der Waals surface area contributed by atoms with Crippen LogP contribution < -0.4 is 5.32 Å². The monoisotopic (exact) mass is 374 g/mol. The number of carbonyl (C=O) groups excluding carboxylic acids is 2. The molecular weight excluding hydrogens is 356 g/mol. The largest absolute Gasteiger partial charge is 0.418 e. The molecule has 1 saturated carbocycles. The second kappa shape index (κ2) is 6.99. The SMILES string of the molecule is O=C(NCC1CC1)C1=CN2CCN(Cc3cccc(Cl)c3)C(=O)N=C2O1. The molecule has 136 valence electrons. The molecule has 1 aromatic carbocycles. The minimum atomic E-state index is -0.393. The van der Waals surface area contributed by atoms with E-state index in [1.54, 1.807) is 22.1 Å². The van der Waals surface area contributed by atoms with E-state index in [0.717, 1.165) is 18.4 Å². The Labute approximate surface area is 156 Å². The van der Waals surface area contributed by atoms with E-state index < -0.39 is 6.03 Å². The highest BCUT2D eigenvalue weighted by molar-refractivity contribution is 6.30. The fraction of sp³-hybridized carbons (Fsp3) is 0.389. The summed E-state index contributed by atoms with van der Waals surface area (Å²) in [6, 6.07) is 7.14. The van der Waals surface area contributed by atoms with Gasteiger partial charge in [-0.2, -0.15) is 0 Å². The van der Waals surface area contributed by atoms with Crippen molar-refractivity contribution in [2.24, 2.45) is 10.9 Å². The third-order valence-corrected chi connectivity index (χ3v) is 4.76. The number of rotatable bonds is 5. The van der Waals surface area contributed by atoms with Crippen molar-refractivity contribution in [1.82, 2.24) is 15.1 Å². The molecule has 1 N–H and O–H groups in total. The predicted molar refractivity (Wildman–Crippen MR) is 96.3 cm³/mol. The molecular formula is C18H19ClN4O3. The zero-order chi connectivity index (χ0) is 18.1. The molecule has 7 nitrogen and oxygen atoms in total. The van der Waals surface area contributed by atoms with Crippen molar-refractivity contribution in [3.8, 4) is 0 Å². The smallest absolute Gasteiger partial charge is 0.348 e. The summed E-state index contributed by atoms with van der Waals surface area (Å²) in [5.41, 5.74) is 0.935. The Kier molecular flexibility index (Phi) is 4.55. The molecule has 3 amide bonds. The Balaban J connectivity index is 1.39. The molecule has 4 rings (SSSR count). The van der Waals surface area contributed by atoms with Crippen LogP contribution in [0.3, 0.4) is 0 Å². The van der Waals surface area contributed by atoms with Crippen molar-refractivity contribution >= 4 is 29.6 Å². The molecule has 8 heteroatoms. The summed E-state index contributed by atoms with van der Waals surface area (Å²) in [5, 5.41) is 3.48. The molecule has 1 fully saturated rings. The standard InChI is InChI=1S/C18H19ClN4O3/c19-14-3-1-2-13(8-14)10-22-6-7-23-11-15(26-18(23)21-17(22)25)16(24)20-9-12-4-5-12/h1-3,8,11-12H,4-7,9-10H2,(H,20,24). The van der Waals surface area contributed by atoms with Gasteiger partial charge >= 0.3 is 12.1 Å². The number of nitrogens with zero attached hydrogens (tertiary/aromatic N) is 3. The van der Waals surface area contributed by atoms with Crippen molar-refractivity contribution in [1.29, 1.82) is 0 Å². The van der Waals surface area contributed by atoms with Gasteiger partial charge in [0.1, 0.15) is 0 Å². The van der Waals surface area contributed by atoms with Crippen LogP contribution in [0, 0.1) is 5.92 Å². The van der Waals surface area contributed by atoms with Gasteiger partial charge in [0.2, 0.25) is 5.76 Å². The van der Waals surface area contributed by atoms with E-state index in [2.05, 4.69) is 10.3 Å². The number of amides is 3. The summed E-state index contributed by atoms with van der Waals surface area (Å²) >= 11 is 6.00. The molecule has 3 aliphatic rings. The van der Waals surface area contributed by atoms with Gasteiger partial charge in [-0.3, -0.25) is 9.69 Å². The molecule has 0 unspecified atom stereocenters. The number of carbonyl (C=O) groups is 2. The third-order valence-electron chi connectivity index (χ3n) is 4.53. The maximum Gasteiger partial charge on any atom is 0.348 e. The highest BCUT2D eigenvalue weighted by Crippen LogP contribution is 2.28.